The molecule has 0 fully saturated rings. The van der Waals surface area contributed by atoms with Crippen LogP contribution in [-0.4, -0.2) is 10.9 Å². The van der Waals surface area contributed by atoms with Crippen molar-refractivity contribution in [2.24, 2.45) is 0 Å². The van der Waals surface area contributed by atoms with Crippen LogP contribution in [0.4, 0.5) is 0 Å². The molecule has 0 saturated heterocycles. The van der Waals surface area contributed by atoms with Crippen molar-refractivity contribution >= 4 is 5.78 Å². The van der Waals surface area contributed by atoms with Crippen LogP contribution in [0, 0.1) is 6.92 Å². The van der Waals surface area contributed by atoms with Crippen LogP contribution in [-0.2, 0) is 11.2 Å². The third-order valence-corrected chi connectivity index (χ3v) is 3.85. The molecule has 1 N–H and O–H groups in total. The molecule has 2 rings (SSSR count). The molecule has 1 aromatic carbocycles. The molecule has 1 aliphatic rings. The van der Waals surface area contributed by atoms with E-state index in [-0.39, 0.29) is 0 Å². The number of Topliss-reactive ketones (excluding diaryl/α,β-unsaturated/α-hetero) is 1. The lowest BCUT2D eigenvalue weighted by Crippen LogP contribution is -2.09. The first kappa shape index (κ1) is 12.9. The van der Waals surface area contributed by atoms with Gasteiger partial charge in [0.2, 0.25) is 0 Å². The summed E-state index contributed by atoms with van der Waals surface area (Å²) in [5.74, 6) is 0.637. The van der Waals surface area contributed by atoms with Gasteiger partial charge in [0.05, 0.1) is 0 Å². The average molecular weight is 244 g/mol. The van der Waals surface area contributed by atoms with E-state index in [2.05, 4.69) is 0 Å². The van der Waals surface area contributed by atoms with Gasteiger partial charge in [-0.2, -0.15) is 0 Å². The molecule has 0 radical (unpaired) electrons. The minimum Gasteiger partial charge on any atom is -0.508 e. The van der Waals surface area contributed by atoms with Gasteiger partial charge in [-0.3, -0.25) is 4.79 Å². The summed E-state index contributed by atoms with van der Waals surface area (Å²) < 4.78 is 0. The zero-order chi connectivity index (χ0) is 13.1. The molecule has 0 heterocycles. The van der Waals surface area contributed by atoms with E-state index in [0.29, 0.717) is 18.0 Å². The Hall–Kier alpha value is -1.57. The number of aromatic hydroxyl groups is 1. The van der Waals surface area contributed by atoms with Crippen molar-refractivity contribution < 1.29 is 9.90 Å². The van der Waals surface area contributed by atoms with E-state index in [1.165, 1.54) is 11.1 Å². The minimum absolute atomic E-state index is 0.318. The van der Waals surface area contributed by atoms with E-state index in [0.717, 1.165) is 36.8 Å². The van der Waals surface area contributed by atoms with Crippen molar-refractivity contribution in [3.05, 3.63) is 40.5 Å². The average Bonchev–Trinajstić information content (AvgIpc) is 2.33. The molecule has 0 spiro atoms. The van der Waals surface area contributed by atoms with E-state index < -0.39 is 0 Å². The molecule has 0 unspecified atom stereocenters. The zero-order valence-electron chi connectivity index (χ0n) is 11.1. The summed E-state index contributed by atoms with van der Waals surface area (Å²) in [6.45, 7) is 3.98. The predicted octanol–water partition coefficient (Wildman–Crippen LogP) is 3.70. The molecular formula is C16H20O2. The van der Waals surface area contributed by atoms with Gasteiger partial charge in [0, 0.05) is 6.42 Å². The third-order valence-electron chi connectivity index (χ3n) is 3.85. The number of carbonyl (C=O) groups excluding carboxylic acids is 1. The largest absolute Gasteiger partial charge is 0.508 e. The topological polar surface area (TPSA) is 37.3 Å². The maximum absolute atomic E-state index is 11.6. The molecule has 0 saturated carbocycles. The lowest BCUT2D eigenvalue weighted by atomic mass is 9.88. The monoisotopic (exact) mass is 244 g/mol. The first-order valence-corrected chi connectivity index (χ1v) is 6.58. The number of phenolic OH excluding ortho intramolecular Hbond substituents is 1. The SMILES string of the molecule is CC1=C(CCc2ccc(O)cc2C)CCCC1=O. The van der Waals surface area contributed by atoms with Crippen LogP contribution in [0.15, 0.2) is 29.3 Å². The second-order valence-corrected chi connectivity index (χ2v) is 5.12. The molecule has 0 bridgehead atoms. The molecule has 0 amide bonds. The summed E-state index contributed by atoms with van der Waals surface area (Å²) in [6, 6.07) is 5.50. The van der Waals surface area contributed by atoms with Crippen molar-refractivity contribution in [3.63, 3.8) is 0 Å². The molecule has 2 heteroatoms. The Bertz CT molecular complexity index is 498. The maximum atomic E-state index is 11.6. The lowest BCUT2D eigenvalue weighted by molar-refractivity contribution is -0.116. The predicted molar refractivity (Wildman–Crippen MR) is 72.7 cm³/mol. The second-order valence-electron chi connectivity index (χ2n) is 5.12. The van der Waals surface area contributed by atoms with E-state index >= 15 is 0 Å². The third kappa shape index (κ3) is 2.81. The Kier molecular flexibility index (Phi) is 3.85. The van der Waals surface area contributed by atoms with E-state index in [1.54, 1.807) is 12.1 Å². The highest BCUT2D eigenvalue weighted by molar-refractivity contribution is 5.96. The number of rotatable bonds is 3. The number of ketones is 1. The van der Waals surface area contributed by atoms with Crippen molar-refractivity contribution in [3.8, 4) is 5.75 Å². The molecule has 96 valence electrons. The quantitative estimate of drug-likeness (QED) is 0.880. The van der Waals surface area contributed by atoms with Gasteiger partial charge in [-0.25, -0.2) is 0 Å². The van der Waals surface area contributed by atoms with Gasteiger partial charge in [0.1, 0.15) is 5.75 Å². The van der Waals surface area contributed by atoms with Crippen LogP contribution < -0.4 is 0 Å². The van der Waals surface area contributed by atoms with Gasteiger partial charge in [-0.05, 0) is 68.4 Å². The highest BCUT2D eigenvalue weighted by Crippen LogP contribution is 2.26. The maximum Gasteiger partial charge on any atom is 0.158 e. The minimum atomic E-state index is 0.318. The van der Waals surface area contributed by atoms with Crippen LogP contribution in [0.3, 0.4) is 0 Å². The Morgan fingerprint density at radius 2 is 1.94 bits per heavy atom. The van der Waals surface area contributed by atoms with Gasteiger partial charge in [0.15, 0.2) is 5.78 Å². The number of allylic oxidation sites excluding steroid dienone is 2. The Labute approximate surface area is 108 Å². The fourth-order valence-electron chi connectivity index (χ4n) is 2.59. The highest BCUT2D eigenvalue weighted by atomic mass is 16.3. The number of carbonyl (C=O) groups is 1. The Balaban J connectivity index is 2.07. The standard InChI is InChI=1S/C16H20O2/c1-11-10-15(17)9-8-13(11)6-7-14-4-3-5-16(18)12(14)2/h8-10,17H,3-7H2,1-2H3. The van der Waals surface area contributed by atoms with Crippen LogP contribution >= 0.6 is 0 Å². The molecular weight excluding hydrogens is 224 g/mol. The van der Waals surface area contributed by atoms with Gasteiger partial charge in [0.25, 0.3) is 0 Å². The van der Waals surface area contributed by atoms with Crippen molar-refractivity contribution in [1.29, 1.82) is 0 Å². The van der Waals surface area contributed by atoms with Gasteiger partial charge in [-0.15, -0.1) is 0 Å². The first-order chi connectivity index (χ1) is 8.58. The van der Waals surface area contributed by atoms with Gasteiger partial charge >= 0.3 is 0 Å². The smallest absolute Gasteiger partial charge is 0.158 e. The molecule has 0 aliphatic heterocycles. The Morgan fingerprint density at radius 3 is 2.67 bits per heavy atom. The number of hydrogen-bond donors (Lipinski definition) is 1. The fraction of sp³-hybridized carbons (Fsp3) is 0.438. The summed E-state index contributed by atoms with van der Waals surface area (Å²) in [4.78, 5) is 11.6. The van der Waals surface area contributed by atoms with Crippen LogP contribution in [0.25, 0.3) is 0 Å². The molecule has 1 aromatic rings. The summed E-state index contributed by atoms with van der Waals surface area (Å²) in [5.41, 5.74) is 4.68. The number of aryl methyl sites for hydroxylation is 2. The highest BCUT2D eigenvalue weighted by Gasteiger charge is 2.16. The van der Waals surface area contributed by atoms with Crippen molar-refractivity contribution in [2.45, 2.75) is 46.0 Å². The fourth-order valence-corrected chi connectivity index (χ4v) is 2.59. The van der Waals surface area contributed by atoms with E-state index in [4.69, 9.17) is 0 Å². The van der Waals surface area contributed by atoms with E-state index in [9.17, 15) is 9.90 Å². The lowest BCUT2D eigenvalue weighted by Gasteiger charge is -2.17. The molecule has 1 aliphatic carbocycles. The van der Waals surface area contributed by atoms with Crippen molar-refractivity contribution in [2.75, 3.05) is 0 Å². The zero-order valence-corrected chi connectivity index (χ0v) is 11.1. The second kappa shape index (κ2) is 5.38. The molecule has 0 atom stereocenters. The normalized spacial score (nSPS) is 16.2. The van der Waals surface area contributed by atoms with Crippen LogP contribution in [0.2, 0.25) is 0 Å². The van der Waals surface area contributed by atoms with Crippen LogP contribution in [0.5, 0.6) is 5.75 Å². The Morgan fingerprint density at radius 1 is 1.17 bits per heavy atom. The number of benzene rings is 1. The van der Waals surface area contributed by atoms with E-state index in [1.807, 2.05) is 19.9 Å². The van der Waals surface area contributed by atoms with Gasteiger partial charge in [-0.1, -0.05) is 11.6 Å². The molecule has 18 heavy (non-hydrogen) atoms. The summed E-state index contributed by atoms with van der Waals surface area (Å²) in [7, 11) is 0. The summed E-state index contributed by atoms with van der Waals surface area (Å²) in [5, 5.41) is 9.38. The van der Waals surface area contributed by atoms with Gasteiger partial charge < -0.3 is 5.11 Å². The molecule has 2 nitrogen and oxygen atoms in total. The number of hydrogen-bond acceptors (Lipinski definition) is 2. The number of phenols is 1. The first-order valence-electron chi connectivity index (χ1n) is 6.58. The summed E-state index contributed by atoms with van der Waals surface area (Å²) in [6.07, 6.45) is 4.69. The van der Waals surface area contributed by atoms with Crippen molar-refractivity contribution in [1.82, 2.24) is 0 Å². The summed E-state index contributed by atoms with van der Waals surface area (Å²) >= 11 is 0. The molecule has 0 aromatic heterocycles. The van der Waals surface area contributed by atoms with Crippen LogP contribution in [0.1, 0.15) is 43.7 Å².